The molecule has 0 bridgehead atoms. The predicted molar refractivity (Wildman–Crippen MR) is 552 cm³/mol. The van der Waals surface area contributed by atoms with Crippen LogP contribution in [0.25, 0.3) is 43.9 Å². The Morgan fingerprint density at radius 1 is 0.240 bits per heavy atom. The van der Waals surface area contributed by atoms with Gasteiger partial charge < -0.3 is 28.4 Å². The van der Waals surface area contributed by atoms with Crippen molar-refractivity contribution in [3.63, 3.8) is 0 Å². The van der Waals surface area contributed by atoms with Gasteiger partial charge in [0.15, 0.2) is 11.2 Å². The van der Waals surface area contributed by atoms with Gasteiger partial charge in [-0.2, -0.15) is 0 Å². The molecule has 0 fully saturated rings. The molecule has 2 aromatic heterocycles. The Morgan fingerprint density at radius 2 is 0.558 bits per heavy atom. The third-order valence-corrected chi connectivity index (χ3v) is 34.3. The van der Waals surface area contributed by atoms with Crippen LogP contribution in [0.3, 0.4) is 0 Å². The first-order chi connectivity index (χ1) is 60.6. The van der Waals surface area contributed by atoms with Crippen LogP contribution >= 0.6 is 0 Å². The van der Waals surface area contributed by atoms with Gasteiger partial charge in [0.1, 0.15) is 11.2 Å². The molecule has 0 atom stereocenters. The summed E-state index contributed by atoms with van der Waals surface area (Å²) in [6.07, 6.45) is 14.1. The Morgan fingerprint density at radius 3 is 0.992 bits per heavy atom. The van der Waals surface area contributed by atoms with Crippen molar-refractivity contribution in [3.8, 4) is 0 Å². The molecule has 6 aliphatic carbocycles. The van der Waals surface area contributed by atoms with Gasteiger partial charge in [-0.3, -0.25) is 0 Å². The lowest BCUT2D eigenvalue weighted by Crippen LogP contribution is -2.62. The summed E-state index contributed by atoms with van der Waals surface area (Å²) in [5.74, 6) is 0. The van der Waals surface area contributed by atoms with E-state index in [1.165, 1.54) is 198 Å². The van der Waals surface area contributed by atoms with Gasteiger partial charge >= 0.3 is 0 Å². The summed E-state index contributed by atoms with van der Waals surface area (Å²) >= 11 is 0. The number of nitrogens with zero attached hydrogens (tertiary/aromatic N) is 4. The van der Waals surface area contributed by atoms with E-state index in [4.69, 9.17) is 8.83 Å². The molecule has 6 nitrogen and oxygen atoms in total. The zero-order chi connectivity index (χ0) is 90.9. The summed E-state index contributed by atoms with van der Waals surface area (Å²) in [6.45, 7) is 63.5. The van der Waals surface area contributed by atoms with Gasteiger partial charge in [-0.1, -0.05) is 263 Å². The minimum absolute atomic E-state index is 0.0401. The number of fused-ring (bicyclic) bond motifs is 16. The van der Waals surface area contributed by atoms with E-state index in [0.29, 0.717) is 0 Å². The van der Waals surface area contributed by atoms with Crippen LogP contribution < -0.4 is 36.0 Å². The molecule has 0 N–H and O–H groups in total. The number of aryl methyl sites for hydroxylation is 2. The fraction of sp³-hybridized carbons (Fsp3) is 0.410. The fourth-order valence-electron chi connectivity index (χ4n) is 25.3. The number of anilines is 12. The van der Waals surface area contributed by atoms with Crippen molar-refractivity contribution < 1.29 is 8.83 Å². The highest BCUT2D eigenvalue weighted by molar-refractivity contribution is 7.00. The third-order valence-electron chi connectivity index (χ3n) is 34.3. The van der Waals surface area contributed by atoms with Crippen LogP contribution in [0.2, 0.25) is 0 Å². The second-order valence-electron chi connectivity index (χ2n) is 49.0. The number of para-hydroxylation sites is 4. The summed E-state index contributed by atoms with van der Waals surface area (Å²) in [7, 11) is 0. The summed E-state index contributed by atoms with van der Waals surface area (Å²) < 4.78 is 13.8. The van der Waals surface area contributed by atoms with Gasteiger partial charge in [0, 0.05) is 78.4 Å². The first-order valence-corrected chi connectivity index (χ1v) is 48.9. The lowest BCUT2D eigenvalue weighted by molar-refractivity contribution is 0.332. The van der Waals surface area contributed by atoms with Gasteiger partial charge in [-0.15, -0.1) is 0 Å². The molecular weight excluding hydrogens is 1560 g/mol. The van der Waals surface area contributed by atoms with Crippen molar-refractivity contribution in [3.05, 3.63) is 290 Å². The number of benzene rings is 12. The van der Waals surface area contributed by atoms with E-state index >= 15 is 0 Å². The molecular formula is C122H137BN4O2. The van der Waals surface area contributed by atoms with Crippen LogP contribution in [0.4, 0.5) is 68.2 Å². The SMILES string of the molecule is Cc1cc(N(c2ccc3c(c2)C(C)(C)CCC3(C)C)c2ccc3c(c2)C(C)(C)CCC3(C)C)cc(N(c2ccc3c(c2)C(C)(C)CCC3(C)C)c2cccc3c2oc2ccccc23)c1.Cc1cc2c3c(c1)N(c1cccc4c1oc1ccccc14)c1cc4c(cc1B3c1cc3c(cc1N2c1ccc2c(c1)C(C)(C)CCC2(C)C)C(C)(C)CCC3(C)C)C(C)(C)CCC4(C)C. The third kappa shape index (κ3) is 13.4. The molecule has 2 aliphatic heterocycles. The topological polar surface area (TPSA) is 39.2 Å². The van der Waals surface area contributed by atoms with Crippen LogP contribution in [0.15, 0.2) is 221 Å². The van der Waals surface area contributed by atoms with Crippen molar-refractivity contribution in [1.82, 2.24) is 0 Å². The molecule has 129 heavy (non-hydrogen) atoms. The Hall–Kier alpha value is -10.5. The van der Waals surface area contributed by atoms with Crippen molar-refractivity contribution in [1.29, 1.82) is 0 Å². The van der Waals surface area contributed by atoms with Crippen molar-refractivity contribution in [2.45, 2.75) is 322 Å². The molecule has 0 spiro atoms. The zero-order valence-corrected chi connectivity index (χ0v) is 82.4. The molecule has 14 aromatic rings. The van der Waals surface area contributed by atoms with Gasteiger partial charge in [0.2, 0.25) is 0 Å². The van der Waals surface area contributed by atoms with Gasteiger partial charge in [0.25, 0.3) is 6.71 Å². The molecule has 0 saturated carbocycles. The van der Waals surface area contributed by atoms with E-state index in [0.717, 1.165) is 85.2 Å². The maximum Gasteiger partial charge on any atom is 0.252 e. The largest absolute Gasteiger partial charge is 0.454 e. The predicted octanol–water partition coefficient (Wildman–Crippen LogP) is 32.9. The highest BCUT2D eigenvalue weighted by Crippen LogP contribution is 2.60. The maximum atomic E-state index is 6.97. The summed E-state index contributed by atoms with van der Waals surface area (Å²) in [6, 6.07) is 82.9. The first-order valence-electron chi connectivity index (χ1n) is 48.9. The average Bonchev–Trinajstić information content (AvgIpc) is 1.29. The Balaban J connectivity index is 0.000000156. The summed E-state index contributed by atoms with van der Waals surface area (Å²) in [4.78, 5) is 10.4. The molecule has 0 amide bonds. The van der Waals surface area contributed by atoms with Crippen LogP contribution in [0, 0.1) is 13.8 Å². The molecule has 8 aliphatic rings. The van der Waals surface area contributed by atoms with Crippen LogP contribution in [-0.2, 0) is 65.0 Å². The summed E-state index contributed by atoms with van der Waals surface area (Å²) in [5.41, 5.74) is 43.6. The normalized spacial score (nSPS) is 20.3. The minimum Gasteiger partial charge on any atom is -0.454 e. The zero-order valence-electron chi connectivity index (χ0n) is 82.4. The van der Waals surface area contributed by atoms with Gasteiger partial charge in [0.05, 0.1) is 11.4 Å². The smallest absolute Gasteiger partial charge is 0.252 e. The van der Waals surface area contributed by atoms with E-state index in [1.54, 1.807) is 0 Å². The molecule has 12 aromatic carbocycles. The standard InChI is InChI=1S/C61H67BN2O.C61H70N2O/c1-36-29-51-54-52(30-36)64(48-19-16-18-39-38-17-14-15-20-53(38)65-55(39)48)50-35-45-43(59(8,9)26-28-61(45,12)13)33-47(50)62(54)46-32-42-44(60(10,11)27-25-58(42,6)7)34-49(46)63(51)37-21-22-40-41(31-37)57(4,5)24-23-56(40,2)3;1-39-33-43(62(40-21-24-47-50(36-40)59(8,9)30-27-56(47,2)3)41-22-25-48-51(37-41)60(10,11)31-28-57(48,4)5)35-44(34-39)63(42-23-26-49-52(38-42)61(12,13)32-29-58(49,6)7)53-19-16-18-46-45-17-14-15-20-54(45)64-55(46)53/h14-22,29-35H,23-28H2,1-13H3;14-26,33-38H,27-32H2,1-13H3. The van der Waals surface area contributed by atoms with E-state index in [9.17, 15) is 0 Å². The monoisotopic (exact) mass is 1700 g/mol. The molecule has 660 valence electrons. The fourth-order valence-corrected chi connectivity index (χ4v) is 25.3. The van der Waals surface area contributed by atoms with Crippen LogP contribution in [0.1, 0.15) is 321 Å². The van der Waals surface area contributed by atoms with E-state index in [1.807, 2.05) is 0 Å². The number of hydrogen-bond acceptors (Lipinski definition) is 6. The average molecular weight is 1700 g/mol. The second-order valence-corrected chi connectivity index (χ2v) is 49.0. The highest BCUT2D eigenvalue weighted by Gasteiger charge is 2.51. The van der Waals surface area contributed by atoms with Crippen molar-refractivity contribution >= 4 is 135 Å². The molecule has 22 rings (SSSR count). The molecule has 0 unspecified atom stereocenters. The van der Waals surface area contributed by atoms with Gasteiger partial charge in [-0.05, 0) is 365 Å². The van der Waals surface area contributed by atoms with Crippen LogP contribution in [0.5, 0.6) is 0 Å². The van der Waals surface area contributed by atoms with Crippen molar-refractivity contribution in [2.75, 3.05) is 19.6 Å². The van der Waals surface area contributed by atoms with Crippen molar-refractivity contribution in [2.24, 2.45) is 0 Å². The Bertz CT molecular complexity index is 6950. The second kappa shape index (κ2) is 28.5. The minimum atomic E-state index is 0.0401. The molecule has 0 saturated heterocycles. The lowest BCUT2D eigenvalue weighted by Gasteiger charge is -2.49. The maximum absolute atomic E-state index is 6.97. The quantitative estimate of drug-likeness (QED) is 0.141. The number of hydrogen-bond donors (Lipinski definition) is 0. The van der Waals surface area contributed by atoms with E-state index in [2.05, 4.69) is 412 Å². The van der Waals surface area contributed by atoms with E-state index < -0.39 is 0 Å². The number of furan rings is 2. The number of rotatable bonds is 8. The summed E-state index contributed by atoms with van der Waals surface area (Å²) in [5, 5.41) is 4.59. The van der Waals surface area contributed by atoms with Crippen LogP contribution in [-0.4, -0.2) is 6.71 Å². The Kier molecular flexibility index (Phi) is 18.9. The van der Waals surface area contributed by atoms with Gasteiger partial charge in [-0.25, -0.2) is 0 Å². The lowest BCUT2D eigenvalue weighted by atomic mass is 9.32. The molecule has 7 heteroatoms. The van der Waals surface area contributed by atoms with E-state index in [-0.39, 0.29) is 71.7 Å². The Labute approximate surface area is 770 Å². The first kappa shape index (κ1) is 85.3. The highest BCUT2D eigenvalue weighted by atomic mass is 16.3. The molecule has 0 radical (unpaired) electrons. The molecule has 4 heterocycles.